The summed E-state index contributed by atoms with van der Waals surface area (Å²) in [7, 11) is -4.10. The van der Waals surface area contributed by atoms with E-state index >= 15 is 0 Å². The third kappa shape index (κ3) is 2.41. The van der Waals surface area contributed by atoms with E-state index in [0.717, 1.165) is 6.07 Å². The lowest BCUT2D eigenvalue weighted by Crippen LogP contribution is -2.16. The monoisotopic (exact) mass is 257 g/mol. The number of nitrogens with one attached hydrogen (secondary N) is 1. The van der Waals surface area contributed by atoms with Crippen molar-refractivity contribution in [3.63, 3.8) is 0 Å². The molecule has 1 N–H and O–H groups in total. The fraction of sp³-hybridized carbons (Fsp3) is 0.111. The van der Waals surface area contributed by atoms with Crippen LogP contribution in [-0.2, 0) is 10.0 Å². The van der Waals surface area contributed by atoms with Gasteiger partial charge in [-0.2, -0.15) is 8.42 Å². The molecule has 2 aromatic heterocycles. The van der Waals surface area contributed by atoms with Crippen LogP contribution in [-0.4, -0.2) is 18.6 Å². The van der Waals surface area contributed by atoms with Crippen molar-refractivity contribution in [2.75, 3.05) is 4.72 Å². The van der Waals surface area contributed by atoms with E-state index in [-0.39, 0.29) is 5.82 Å². The zero-order valence-electron chi connectivity index (χ0n) is 8.71. The normalized spacial score (nSPS) is 11.4. The first-order valence-corrected chi connectivity index (χ1v) is 6.04. The summed E-state index contributed by atoms with van der Waals surface area (Å²) in [5, 5.41) is 2.70. The van der Waals surface area contributed by atoms with Crippen LogP contribution in [0.4, 0.5) is 10.2 Å². The molecule has 0 fully saturated rings. The molecule has 90 valence electrons. The summed E-state index contributed by atoms with van der Waals surface area (Å²) in [4.78, 5) is 3.64. The van der Waals surface area contributed by atoms with Gasteiger partial charge in [0, 0.05) is 11.8 Å². The van der Waals surface area contributed by atoms with Gasteiger partial charge in [-0.1, -0.05) is 5.16 Å². The quantitative estimate of drug-likeness (QED) is 0.896. The van der Waals surface area contributed by atoms with Crippen molar-refractivity contribution in [3.8, 4) is 0 Å². The third-order valence-electron chi connectivity index (χ3n) is 1.88. The van der Waals surface area contributed by atoms with E-state index in [4.69, 9.17) is 0 Å². The van der Waals surface area contributed by atoms with E-state index < -0.39 is 20.9 Å². The predicted molar refractivity (Wildman–Crippen MR) is 56.2 cm³/mol. The van der Waals surface area contributed by atoms with Gasteiger partial charge in [0.05, 0.1) is 0 Å². The number of pyridine rings is 1. The lowest BCUT2D eigenvalue weighted by atomic mass is 10.4. The molecule has 2 rings (SSSR count). The lowest BCUT2D eigenvalue weighted by molar-refractivity contribution is 0.423. The summed E-state index contributed by atoms with van der Waals surface area (Å²) in [6, 6.07) is 3.72. The second kappa shape index (κ2) is 4.13. The van der Waals surface area contributed by atoms with Crippen molar-refractivity contribution in [1.82, 2.24) is 10.1 Å². The van der Waals surface area contributed by atoms with Gasteiger partial charge in [-0.05, 0) is 19.1 Å². The first-order chi connectivity index (χ1) is 7.99. The molecule has 0 aliphatic carbocycles. The molecule has 0 unspecified atom stereocenters. The maximum Gasteiger partial charge on any atom is 0.283 e. The molecular formula is C9H8FN3O3S. The Balaban J connectivity index is 2.41. The highest BCUT2D eigenvalue weighted by atomic mass is 32.2. The van der Waals surface area contributed by atoms with E-state index in [0.29, 0.717) is 5.69 Å². The molecule has 6 nitrogen and oxygen atoms in total. The minimum Gasteiger partial charge on any atom is -0.363 e. The van der Waals surface area contributed by atoms with Gasteiger partial charge in [-0.3, -0.25) is 4.72 Å². The summed E-state index contributed by atoms with van der Waals surface area (Å²) in [6.07, 6.45) is 1.19. The van der Waals surface area contributed by atoms with Gasteiger partial charge >= 0.3 is 0 Å². The van der Waals surface area contributed by atoms with Gasteiger partial charge in [-0.25, -0.2) is 9.37 Å². The van der Waals surface area contributed by atoms with Crippen LogP contribution in [0.25, 0.3) is 0 Å². The fourth-order valence-electron chi connectivity index (χ4n) is 1.16. The second-order valence-corrected chi connectivity index (χ2v) is 4.83. The highest BCUT2D eigenvalue weighted by Crippen LogP contribution is 2.15. The molecule has 0 radical (unpaired) electrons. The first-order valence-electron chi connectivity index (χ1n) is 4.55. The van der Waals surface area contributed by atoms with Gasteiger partial charge in [0.1, 0.15) is 6.26 Å². The number of hydrogen-bond acceptors (Lipinski definition) is 5. The van der Waals surface area contributed by atoms with Crippen LogP contribution in [0.3, 0.4) is 0 Å². The van der Waals surface area contributed by atoms with Gasteiger partial charge in [-0.15, -0.1) is 0 Å². The maximum absolute atomic E-state index is 13.4. The van der Waals surface area contributed by atoms with E-state index in [1.165, 1.54) is 18.4 Å². The molecule has 0 aromatic carbocycles. The van der Waals surface area contributed by atoms with Crippen LogP contribution in [0.1, 0.15) is 5.69 Å². The lowest BCUT2D eigenvalue weighted by Gasteiger charge is -2.05. The van der Waals surface area contributed by atoms with Crippen LogP contribution in [0.5, 0.6) is 0 Å². The summed E-state index contributed by atoms with van der Waals surface area (Å²) in [5.41, 5.74) is 0.395. The number of anilines is 1. The summed E-state index contributed by atoms with van der Waals surface area (Å²) < 4.78 is 43.4. The molecule has 0 saturated carbocycles. The van der Waals surface area contributed by atoms with Crippen molar-refractivity contribution >= 4 is 15.8 Å². The fourth-order valence-corrected chi connectivity index (χ4v) is 2.22. The largest absolute Gasteiger partial charge is 0.363 e. The van der Waals surface area contributed by atoms with E-state index in [1.807, 2.05) is 4.72 Å². The molecule has 0 amide bonds. The summed E-state index contributed by atoms with van der Waals surface area (Å²) >= 11 is 0. The number of halogens is 1. The van der Waals surface area contributed by atoms with E-state index in [2.05, 4.69) is 14.7 Å². The predicted octanol–water partition coefficient (Wildman–Crippen LogP) is 1.32. The molecule has 17 heavy (non-hydrogen) atoms. The zero-order valence-corrected chi connectivity index (χ0v) is 9.53. The molecule has 8 heteroatoms. The van der Waals surface area contributed by atoms with Gasteiger partial charge in [0.25, 0.3) is 10.0 Å². The number of aryl methyl sites for hydroxylation is 1. The SMILES string of the molecule is Cc1ccc(F)c(S(=O)(=O)Nc2ccon2)n1. The van der Waals surface area contributed by atoms with Gasteiger partial charge < -0.3 is 4.52 Å². The van der Waals surface area contributed by atoms with Gasteiger partial charge in [0.2, 0.25) is 5.03 Å². The van der Waals surface area contributed by atoms with Crippen molar-refractivity contribution in [1.29, 1.82) is 0 Å². The van der Waals surface area contributed by atoms with E-state index in [9.17, 15) is 12.8 Å². The molecule has 0 saturated heterocycles. The van der Waals surface area contributed by atoms with Crippen molar-refractivity contribution in [2.24, 2.45) is 0 Å². The zero-order chi connectivity index (χ0) is 12.5. The summed E-state index contributed by atoms with van der Waals surface area (Å²) in [5.74, 6) is -0.959. The average Bonchev–Trinajstić information content (AvgIpc) is 2.73. The topological polar surface area (TPSA) is 85.1 Å². The summed E-state index contributed by atoms with van der Waals surface area (Å²) in [6.45, 7) is 1.56. The first kappa shape index (κ1) is 11.5. The highest BCUT2D eigenvalue weighted by molar-refractivity contribution is 7.92. The number of nitrogens with zero attached hydrogens (tertiary/aromatic N) is 2. The van der Waals surface area contributed by atoms with Crippen molar-refractivity contribution in [3.05, 3.63) is 36.0 Å². The number of aromatic nitrogens is 2. The van der Waals surface area contributed by atoms with E-state index in [1.54, 1.807) is 6.92 Å². The molecule has 0 atom stereocenters. The van der Waals surface area contributed by atoms with Gasteiger partial charge in [0.15, 0.2) is 11.6 Å². The molecule has 2 heterocycles. The Labute approximate surface area is 96.5 Å². The molecule has 0 aliphatic rings. The Hall–Kier alpha value is -1.96. The highest BCUT2D eigenvalue weighted by Gasteiger charge is 2.22. The van der Waals surface area contributed by atoms with Crippen molar-refractivity contribution in [2.45, 2.75) is 11.9 Å². The van der Waals surface area contributed by atoms with Crippen LogP contribution in [0.2, 0.25) is 0 Å². The van der Waals surface area contributed by atoms with Crippen LogP contribution in [0, 0.1) is 12.7 Å². The Bertz CT molecular complexity index is 625. The Morgan fingerprint density at radius 2 is 2.12 bits per heavy atom. The number of rotatable bonds is 3. The number of sulfonamides is 1. The molecular weight excluding hydrogens is 249 g/mol. The standard InChI is InChI=1S/C9H8FN3O3S/c1-6-2-3-7(10)9(11-6)17(14,15)13-8-4-5-16-12-8/h2-5H,1H3,(H,12,13). The molecule has 0 bridgehead atoms. The second-order valence-electron chi connectivity index (χ2n) is 3.23. The number of hydrogen-bond donors (Lipinski definition) is 1. The Morgan fingerprint density at radius 3 is 2.76 bits per heavy atom. The van der Waals surface area contributed by atoms with Crippen LogP contribution < -0.4 is 4.72 Å². The minimum atomic E-state index is -4.10. The third-order valence-corrected chi connectivity index (χ3v) is 3.16. The van der Waals surface area contributed by atoms with Crippen LogP contribution >= 0.6 is 0 Å². The minimum absolute atomic E-state index is 0.0345. The molecule has 0 aliphatic heterocycles. The Kier molecular flexibility index (Phi) is 2.80. The Morgan fingerprint density at radius 1 is 1.35 bits per heavy atom. The molecule has 0 spiro atoms. The molecule has 2 aromatic rings. The van der Waals surface area contributed by atoms with Crippen molar-refractivity contribution < 1.29 is 17.3 Å². The van der Waals surface area contributed by atoms with Crippen LogP contribution in [0.15, 0.2) is 34.0 Å². The smallest absolute Gasteiger partial charge is 0.283 e. The maximum atomic E-state index is 13.4. The average molecular weight is 257 g/mol.